The molecular formula is C10H11BrN6O. The monoisotopic (exact) mass is 310 g/mol. The predicted molar refractivity (Wildman–Crippen MR) is 69.3 cm³/mol. The van der Waals surface area contributed by atoms with E-state index in [0.717, 1.165) is 5.69 Å². The smallest absolute Gasteiger partial charge is 0.252 e. The minimum absolute atomic E-state index is 0.101. The van der Waals surface area contributed by atoms with Crippen LogP contribution in [0.15, 0.2) is 10.8 Å². The Morgan fingerprint density at radius 1 is 1.39 bits per heavy atom. The molecule has 0 aromatic carbocycles. The van der Waals surface area contributed by atoms with Crippen molar-refractivity contribution in [2.75, 3.05) is 5.73 Å². The number of hydrogen-bond acceptors (Lipinski definition) is 5. The van der Waals surface area contributed by atoms with Crippen LogP contribution in [0, 0.1) is 13.8 Å². The number of carbonyl (C=O) groups is 1. The molecule has 2 heterocycles. The third-order valence-electron chi connectivity index (χ3n) is 2.37. The maximum absolute atomic E-state index is 11.5. The molecule has 18 heavy (non-hydrogen) atoms. The molecule has 8 heteroatoms. The van der Waals surface area contributed by atoms with E-state index in [1.165, 1.54) is 4.68 Å². The Labute approximate surface area is 111 Å². The fourth-order valence-corrected chi connectivity index (χ4v) is 2.19. The van der Waals surface area contributed by atoms with Crippen molar-refractivity contribution in [3.05, 3.63) is 27.8 Å². The number of nitrogen functional groups attached to an aromatic ring is 1. The number of pyridine rings is 1. The molecule has 0 unspecified atom stereocenters. The lowest BCUT2D eigenvalue weighted by Crippen LogP contribution is -2.18. The average Bonchev–Trinajstić information content (AvgIpc) is 2.55. The summed E-state index contributed by atoms with van der Waals surface area (Å²) in [6.45, 7) is 3.53. The number of aromatic nitrogens is 4. The van der Waals surface area contributed by atoms with E-state index in [0.29, 0.717) is 21.7 Å². The Bertz CT molecular complexity index is 636. The molecule has 0 aliphatic carbocycles. The van der Waals surface area contributed by atoms with Crippen LogP contribution in [-0.4, -0.2) is 25.7 Å². The summed E-state index contributed by atoms with van der Waals surface area (Å²) in [4.78, 5) is 19.6. The minimum Gasteiger partial charge on any atom is -0.366 e. The van der Waals surface area contributed by atoms with Gasteiger partial charge in [-0.25, -0.2) is 4.68 Å². The Morgan fingerprint density at radius 2 is 2.06 bits per heavy atom. The summed E-state index contributed by atoms with van der Waals surface area (Å²) in [5.74, 6) is -0.472. The minimum atomic E-state index is -0.573. The summed E-state index contributed by atoms with van der Waals surface area (Å²) in [7, 11) is 0. The number of anilines is 1. The van der Waals surface area contributed by atoms with E-state index in [4.69, 9.17) is 11.5 Å². The van der Waals surface area contributed by atoms with Crippen LogP contribution in [0.3, 0.4) is 0 Å². The van der Waals surface area contributed by atoms with Gasteiger partial charge in [0, 0.05) is 5.69 Å². The molecule has 0 aliphatic rings. The van der Waals surface area contributed by atoms with Crippen molar-refractivity contribution in [3.63, 3.8) is 0 Å². The van der Waals surface area contributed by atoms with Crippen LogP contribution in [0.1, 0.15) is 21.7 Å². The molecule has 2 aromatic rings. The van der Waals surface area contributed by atoms with Crippen LogP contribution in [0.2, 0.25) is 0 Å². The van der Waals surface area contributed by atoms with E-state index in [1.54, 1.807) is 13.0 Å². The van der Waals surface area contributed by atoms with Crippen LogP contribution in [0.5, 0.6) is 0 Å². The Morgan fingerprint density at radius 3 is 2.56 bits per heavy atom. The first-order valence-corrected chi connectivity index (χ1v) is 5.86. The Kier molecular flexibility index (Phi) is 3.04. The molecular weight excluding hydrogens is 300 g/mol. The summed E-state index contributed by atoms with van der Waals surface area (Å²) >= 11 is 3.22. The van der Waals surface area contributed by atoms with Crippen LogP contribution < -0.4 is 11.5 Å². The summed E-state index contributed by atoms with van der Waals surface area (Å²) in [6, 6.07) is 1.70. The topological polar surface area (TPSA) is 113 Å². The van der Waals surface area contributed by atoms with Gasteiger partial charge in [-0.1, -0.05) is 0 Å². The van der Waals surface area contributed by atoms with Gasteiger partial charge in [-0.2, -0.15) is 4.98 Å². The van der Waals surface area contributed by atoms with Crippen LogP contribution in [0.25, 0.3) is 5.69 Å². The SMILES string of the molecule is Cc1cc(-n2nc(N)nc2Br)c(C(N)=O)c(C)n1. The van der Waals surface area contributed by atoms with Gasteiger partial charge in [0.25, 0.3) is 5.91 Å². The number of nitrogens with two attached hydrogens (primary N) is 2. The molecule has 1 amide bonds. The van der Waals surface area contributed by atoms with Crippen molar-refractivity contribution in [2.45, 2.75) is 13.8 Å². The zero-order valence-electron chi connectivity index (χ0n) is 9.81. The molecule has 0 saturated carbocycles. The third-order valence-corrected chi connectivity index (χ3v) is 2.88. The molecule has 94 valence electrons. The van der Waals surface area contributed by atoms with Gasteiger partial charge in [0.1, 0.15) is 0 Å². The first kappa shape index (κ1) is 12.5. The number of nitrogens with zero attached hydrogens (tertiary/aromatic N) is 4. The highest BCUT2D eigenvalue weighted by atomic mass is 79.9. The average molecular weight is 311 g/mol. The fraction of sp³-hybridized carbons (Fsp3) is 0.200. The number of carbonyl (C=O) groups excluding carboxylic acids is 1. The van der Waals surface area contributed by atoms with Crippen molar-refractivity contribution >= 4 is 27.8 Å². The van der Waals surface area contributed by atoms with Gasteiger partial charge in [0.05, 0.1) is 16.9 Å². The third kappa shape index (κ3) is 2.06. The highest BCUT2D eigenvalue weighted by Crippen LogP contribution is 2.21. The van der Waals surface area contributed by atoms with E-state index in [-0.39, 0.29) is 5.95 Å². The largest absolute Gasteiger partial charge is 0.366 e. The quantitative estimate of drug-likeness (QED) is 0.848. The van der Waals surface area contributed by atoms with E-state index < -0.39 is 5.91 Å². The van der Waals surface area contributed by atoms with Crippen molar-refractivity contribution in [3.8, 4) is 5.69 Å². The molecule has 0 saturated heterocycles. The van der Waals surface area contributed by atoms with Gasteiger partial charge in [0.2, 0.25) is 10.7 Å². The molecule has 7 nitrogen and oxygen atoms in total. The van der Waals surface area contributed by atoms with Crippen molar-refractivity contribution in [2.24, 2.45) is 5.73 Å². The van der Waals surface area contributed by atoms with Crippen molar-refractivity contribution in [1.82, 2.24) is 19.7 Å². The van der Waals surface area contributed by atoms with Crippen molar-refractivity contribution < 1.29 is 4.79 Å². The Hall–Kier alpha value is -1.96. The second kappa shape index (κ2) is 4.37. The zero-order valence-corrected chi connectivity index (χ0v) is 11.4. The van der Waals surface area contributed by atoms with E-state index >= 15 is 0 Å². The number of aryl methyl sites for hydroxylation is 2. The zero-order chi connectivity index (χ0) is 13.4. The molecule has 0 fully saturated rings. The lowest BCUT2D eigenvalue weighted by molar-refractivity contribution is 0.0999. The molecule has 0 bridgehead atoms. The number of amides is 1. The molecule has 2 rings (SSSR count). The van der Waals surface area contributed by atoms with Crippen LogP contribution >= 0.6 is 15.9 Å². The first-order chi connectivity index (χ1) is 8.40. The van der Waals surface area contributed by atoms with E-state index in [9.17, 15) is 4.79 Å². The Balaban J connectivity index is 2.77. The molecule has 4 N–H and O–H groups in total. The van der Waals surface area contributed by atoms with E-state index in [2.05, 4.69) is 31.0 Å². The summed E-state index contributed by atoms with van der Waals surface area (Å²) in [5, 5.41) is 4.01. The molecule has 2 aromatic heterocycles. The van der Waals surface area contributed by atoms with Crippen molar-refractivity contribution in [1.29, 1.82) is 0 Å². The standard InChI is InChI=1S/C10H11BrN6O/c1-4-3-6(7(8(12)18)5(2)14-4)17-9(11)15-10(13)16-17/h3H,1-2H3,(H2,12,18)(H2,13,16). The van der Waals surface area contributed by atoms with E-state index in [1.807, 2.05) is 6.92 Å². The molecule has 0 atom stereocenters. The van der Waals surface area contributed by atoms with Crippen LogP contribution in [0.4, 0.5) is 5.95 Å². The first-order valence-electron chi connectivity index (χ1n) is 5.06. The van der Waals surface area contributed by atoms with Gasteiger partial charge >= 0.3 is 0 Å². The lowest BCUT2D eigenvalue weighted by atomic mass is 10.1. The summed E-state index contributed by atoms with van der Waals surface area (Å²) in [6.07, 6.45) is 0. The number of primary amides is 1. The lowest BCUT2D eigenvalue weighted by Gasteiger charge is -2.10. The predicted octanol–water partition coefficient (Wildman–Crippen LogP) is 0.723. The van der Waals surface area contributed by atoms with Gasteiger partial charge in [-0.3, -0.25) is 9.78 Å². The summed E-state index contributed by atoms with van der Waals surface area (Å²) < 4.78 is 1.81. The van der Waals surface area contributed by atoms with Gasteiger partial charge < -0.3 is 11.5 Å². The highest BCUT2D eigenvalue weighted by Gasteiger charge is 2.18. The number of rotatable bonds is 2. The number of hydrogen-bond donors (Lipinski definition) is 2. The maximum Gasteiger partial charge on any atom is 0.252 e. The summed E-state index contributed by atoms with van der Waals surface area (Å²) in [5.41, 5.74) is 13.0. The molecule has 0 aliphatic heterocycles. The second-order valence-electron chi connectivity index (χ2n) is 3.76. The normalized spacial score (nSPS) is 10.6. The maximum atomic E-state index is 11.5. The van der Waals surface area contributed by atoms with Crippen LogP contribution in [-0.2, 0) is 0 Å². The molecule has 0 radical (unpaired) electrons. The number of halogens is 1. The second-order valence-corrected chi connectivity index (χ2v) is 4.47. The van der Waals surface area contributed by atoms with Gasteiger partial charge in [0.15, 0.2) is 0 Å². The molecule has 0 spiro atoms. The highest BCUT2D eigenvalue weighted by molar-refractivity contribution is 9.10. The fourth-order valence-electron chi connectivity index (χ4n) is 1.74. The van der Waals surface area contributed by atoms with Gasteiger partial charge in [-0.05, 0) is 35.8 Å². The van der Waals surface area contributed by atoms with Gasteiger partial charge in [-0.15, -0.1) is 5.10 Å².